The molecule has 0 bridgehead atoms. The number of hydrogen-bond donors (Lipinski definition) is 1. The first kappa shape index (κ1) is 11.2. The van der Waals surface area contributed by atoms with Crippen molar-refractivity contribution < 1.29 is 5.11 Å². The molecule has 0 aromatic carbocycles. The molecule has 0 saturated heterocycles. The van der Waals surface area contributed by atoms with Crippen molar-refractivity contribution in [2.75, 3.05) is 0 Å². The second kappa shape index (κ2) is 5.11. The van der Waals surface area contributed by atoms with E-state index in [0.717, 1.165) is 12.1 Å². The molecular formula is C12H19NO. The Kier molecular flexibility index (Phi) is 4.08. The van der Waals surface area contributed by atoms with E-state index in [4.69, 9.17) is 0 Å². The Hall–Kier alpha value is -0.890. The van der Waals surface area contributed by atoms with Crippen LogP contribution in [0.2, 0.25) is 0 Å². The van der Waals surface area contributed by atoms with Crippen LogP contribution in [0.25, 0.3) is 0 Å². The number of aromatic nitrogens is 1. The minimum Gasteiger partial charge on any atom is -0.393 e. The van der Waals surface area contributed by atoms with Gasteiger partial charge >= 0.3 is 0 Å². The molecule has 0 amide bonds. The van der Waals surface area contributed by atoms with E-state index in [1.54, 1.807) is 6.20 Å². The van der Waals surface area contributed by atoms with Crippen LogP contribution in [-0.2, 0) is 6.42 Å². The maximum Gasteiger partial charge on any atom is 0.0592 e. The number of hydrogen-bond acceptors (Lipinski definition) is 2. The van der Waals surface area contributed by atoms with Crippen LogP contribution >= 0.6 is 0 Å². The molecular weight excluding hydrogens is 174 g/mol. The number of aliphatic hydroxyl groups is 1. The molecule has 1 heterocycles. The van der Waals surface area contributed by atoms with Crippen LogP contribution < -0.4 is 0 Å². The Morgan fingerprint density at radius 2 is 2.00 bits per heavy atom. The highest BCUT2D eigenvalue weighted by Gasteiger charge is 2.18. The van der Waals surface area contributed by atoms with E-state index < -0.39 is 0 Å². The highest BCUT2D eigenvalue weighted by Crippen LogP contribution is 2.16. The monoisotopic (exact) mass is 193 g/mol. The Morgan fingerprint density at radius 3 is 2.50 bits per heavy atom. The lowest BCUT2D eigenvalue weighted by Gasteiger charge is -2.21. The molecule has 0 spiro atoms. The molecule has 2 unspecified atom stereocenters. The smallest absolute Gasteiger partial charge is 0.0592 e. The molecule has 1 aromatic rings. The van der Waals surface area contributed by atoms with Gasteiger partial charge in [-0.05, 0) is 30.4 Å². The third-order valence-corrected chi connectivity index (χ3v) is 2.52. The van der Waals surface area contributed by atoms with E-state index in [1.807, 2.05) is 32.0 Å². The molecule has 2 nitrogen and oxygen atoms in total. The molecule has 0 fully saturated rings. The summed E-state index contributed by atoms with van der Waals surface area (Å²) in [6.07, 6.45) is 2.40. The van der Waals surface area contributed by atoms with Gasteiger partial charge in [0, 0.05) is 11.9 Å². The van der Waals surface area contributed by atoms with Gasteiger partial charge in [-0.1, -0.05) is 26.8 Å². The molecule has 2 atom stereocenters. The zero-order chi connectivity index (χ0) is 10.6. The minimum atomic E-state index is -0.239. The fourth-order valence-corrected chi connectivity index (χ4v) is 1.63. The average Bonchev–Trinajstić information content (AvgIpc) is 2.18. The zero-order valence-electron chi connectivity index (χ0n) is 9.14. The third-order valence-electron chi connectivity index (χ3n) is 2.52. The molecule has 0 saturated carbocycles. The van der Waals surface area contributed by atoms with Gasteiger partial charge in [-0.3, -0.25) is 4.98 Å². The van der Waals surface area contributed by atoms with Crippen molar-refractivity contribution in [2.24, 2.45) is 11.8 Å². The second-order valence-electron chi connectivity index (χ2n) is 4.24. The number of rotatable bonds is 4. The van der Waals surface area contributed by atoms with E-state index in [-0.39, 0.29) is 12.0 Å². The van der Waals surface area contributed by atoms with Gasteiger partial charge in [0.15, 0.2) is 0 Å². The summed E-state index contributed by atoms with van der Waals surface area (Å²) in [5, 5.41) is 9.83. The van der Waals surface area contributed by atoms with Crippen molar-refractivity contribution in [3.63, 3.8) is 0 Å². The summed E-state index contributed by atoms with van der Waals surface area (Å²) >= 11 is 0. The number of aliphatic hydroxyl groups excluding tert-OH is 1. The fraction of sp³-hybridized carbons (Fsp3) is 0.583. The van der Waals surface area contributed by atoms with Crippen LogP contribution in [0.5, 0.6) is 0 Å². The summed E-state index contributed by atoms with van der Waals surface area (Å²) in [5.74, 6) is 0.582. The Bertz CT molecular complexity index is 258. The summed E-state index contributed by atoms with van der Waals surface area (Å²) in [4.78, 5) is 4.25. The van der Waals surface area contributed by atoms with E-state index >= 15 is 0 Å². The van der Waals surface area contributed by atoms with Crippen molar-refractivity contribution in [2.45, 2.75) is 33.3 Å². The van der Waals surface area contributed by atoms with Crippen LogP contribution in [0.1, 0.15) is 26.5 Å². The molecule has 0 radical (unpaired) electrons. The third kappa shape index (κ3) is 3.11. The van der Waals surface area contributed by atoms with Crippen LogP contribution in [0.15, 0.2) is 24.4 Å². The number of nitrogens with zero attached hydrogens (tertiary/aromatic N) is 1. The molecule has 0 aliphatic carbocycles. The summed E-state index contributed by atoms with van der Waals surface area (Å²) < 4.78 is 0. The number of pyridine rings is 1. The minimum absolute atomic E-state index is 0.239. The van der Waals surface area contributed by atoms with E-state index in [0.29, 0.717) is 5.92 Å². The molecule has 1 N–H and O–H groups in total. The molecule has 14 heavy (non-hydrogen) atoms. The predicted octanol–water partition coefficient (Wildman–Crippen LogP) is 2.28. The summed E-state index contributed by atoms with van der Waals surface area (Å²) in [7, 11) is 0. The van der Waals surface area contributed by atoms with E-state index in [2.05, 4.69) is 11.9 Å². The predicted molar refractivity (Wildman–Crippen MR) is 57.9 cm³/mol. The lowest BCUT2D eigenvalue weighted by Crippen LogP contribution is -2.25. The van der Waals surface area contributed by atoms with Gasteiger partial charge in [-0.2, -0.15) is 0 Å². The van der Waals surface area contributed by atoms with Gasteiger partial charge in [-0.25, -0.2) is 0 Å². The maximum absolute atomic E-state index is 9.83. The van der Waals surface area contributed by atoms with Gasteiger partial charge in [0.1, 0.15) is 0 Å². The van der Waals surface area contributed by atoms with Gasteiger partial charge in [0.25, 0.3) is 0 Å². The Labute approximate surface area is 86.0 Å². The average molecular weight is 193 g/mol. The fourth-order valence-electron chi connectivity index (χ4n) is 1.63. The highest BCUT2D eigenvalue weighted by atomic mass is 16.3. The lowest BCUT2D eigenvalue weighted by atomic mass is 9.91. The van der Waals surface area contributed by atoms with Gasteiger partial charge < -0.3 is 5.11 Å². The van der Waals surface area contributed by atoms with Gasteiger partial charge in [0.05, 0.1) is 6.10 Å². The standard InChI is InChI=1S/C12H19NO/c1-9(2)12(14)10(3)8-11-6-4-5-7-13-11/h4-7,9-10,12,14H,8H2,1-3H3. The first-order valence-electron chi connectivity index (χ1n) is 5.19. The van der Waals surface area contributed by atoms with Crippen LogP contribution in [0.3, 0.4) is 0 Å². The highest BCUT2D eigenvalue weighted by molar-refractivity contribution is 5.04. The van der Waals surface area contributed by atoms with Gasteiger partial charge in [0.2, 0.25) is 0 Å². The molecule has 1 aromatic heterocycles. The van der Waals surface area contributed by atoms with Gasteiger partial charge in [-0.15, -0.1) is 0 Å². The second-order valence-corrected chi connectivity index (χ2v) is 4.24. The van der Waals surface area contributed by atoms with Crippen molar-refractivity contribution >= 4 is 0 Å². The van der Waals surface area contributed by atoms with Crippen LogP contribution in [0, 0.1) is 11.8 Å². The zero-order valence-corrected chi connectivity index (χ0v) is 9.14. The normalized spacial score (nSPS) is 15.5. The topological polar surface area (TPSA) is 33.1 Å². The Morgan fingerprint density at radius 1 is 1.29 bits per heavy atom. The SMILES string of the molecule is CC(C)C(O)C(C)Cc1ccccn1. The van der Waals surface area contributed by atoms with E-state index in [9.17, 15) is 5.11 Å². The summed E-state index contributed by atoms with van der Waals surface area (Å²) in [6, 6.07) is 5.90. The lowest BCUT2D eigenvalue weighted by molar-refractivity contribution is 0.0720. The maximum atomic E-state index is 9.83. The van der Waals surface area contributed by atoms with Crippen molar-refractivity contribution in [1.82, 2.24) is 4.98 Å². The molecule has 0 aliphatic rings. The first-order valence-corrected chi connectivity index (χ1v) is 5.19. The molecule has 78 valence electrons. The van der Waals surface area contributed by atoms with Crippen molar-refractivity contribution in [1.29, 1.82) is 0 Å². The largest absolute Gasteiger partial charge is 0.393 e. The van der Waals surface area contributed by atoms with E-state index in [1.165, 1.54) is 0 Å². The molecule has 2 heteroatoms. The first-order chi connectivity index (χ1) is 6.61. The Balaban J connectivity index is 2.53. The van der Waals surface area contributed by atoms with Crippen LogP contribution in [0.4, 0.5) is 0 Å². The van der Waals surface area contributed by atoms with Crippen LogP contribution in [-0.4, -0.2) is 16.2 Å². The molecule has 1 rings (SSSR count). The quantitative estimate of drug-likeness (QED) is 0.795. The van der Waals surface area contributed by atoms with Crippen molar-refractivity contribution in [3.8, 4) is 0 Å². The summed E-state index contributed by atoms with van der Waals surface area (Å²) in [5.41, 5.74) is 1.06. The molecule has 0 aliphatic heterocycles. The summed E-state index contributed by atoms with van der Waals surface area (Å²) in [6.45, 7) is 6.15. The van der Waals surface area contributed by atoms with Crippen molar-refractivity contribution in [3.05, 3.63) is 30.1 Å².